The Hall–Kier alpha value is 0.1000. The summed E-state index contributed by atoms with van der Waals surface area (Å²) >= 11 is 6.86. The zero-order valence-corrected chi connectivity index (χ0v) is 11.3. The summed E-state index contributed by atoms with van der Waals surface area (Å²) in [6.45, 7) is 1.25. The second kappa shape index (κ2) is 4.53. The molecule has 0 atom stereocenters. The molecule has 2 rings (SSSR count). The van der Waals surface area contributed by atoms with Crippen molar-refractivity contribution in [3.05, 3.63) is 32.7 Å². The van der Waals surface area contributed by atoms with E-state index in [1.165, 1.54) is 0 Å². The molecule has 0 aliphatic carbocycles. The lowest BCUT2D eigenvalue weighted by molar-refractivity contribution is -0.0679. The van der Waals surface area contributed by atoms with Crippen molar-refractivity contribution >= 4 is 31.9 Å². The van der Waals surface area contributed by atoms with Crippen molar-refractivity contribution in [2.24, 2.45) is 0 Å². The molecule has 0 unspecified atom stereocenters. The van der Waals surface area contributed by atoms with E-state index in [1.54, 1.807) is 0 Å². The molecule has 82 valence electrons. The van der Waals surface area contributed by atoms with Crippen LogP contribution in [0.4, 0.5) is 0 Å². The number of benzene rings is 1. The van der Waals surface area contributed by atoms with E-state index in [4.69, 9.17) is 4.74 Å². The van der Waals surface area contributed by atoms with Gasteiger partial charge in [-0.15, -0.1) is 0 Å². The number of halogens is 2. The largest absolute Gasteiger partial charge is 0.385 e. The summed E-state index contributed by atoms with van der Waals surface area (Å²) in [5.74, 6) is 0. The van der Waals surface area contributed by atoms with Gasteiger partial charge in [-0.1, -0.05) is 31.9 Å². The van der Waals surface area contributed by atoms with E-state index in [1.807, 2.05) is 18.2 Å². The highest BCUT2D eigenvalue weighted by molar-refractivity contribution is 9.11. The highest BCUT2D eigenvalue weighted by Crippen LogP contribution is 2.34. The first-order chi connectivity index (χ1) is 7.10. The van der Waals surface area contributed by atoms with Gasteiger partial charge in [0, 0.05) is 35.0 Å². The summed E-state index contributed by atoms with van der Waals surface area (Å²) in [6, 6.07) is 5.90. The molecule has 1 fully saturated rings. The van der Waals surface area contributed by atoms with E-state index >= 15 is 0 Å². The van der Waals surface area contributed by atoms with Crippen molar-refractivity contribution in [1.29, 1.82) is 0 Å². The molecule has 15 heavy (non-hydrogen) atoms. The van der Waals surface area contributed by atoms with Crippen LogP contribution in [0.15, 0.2) is 27.1 Å². The number of rotatable bonds is 1. The summed E-state index contributed by atoms with van der Waals surface area (Å²) in [6.07, 6.45) is 1.33. The summed E-state index contributed by atoms with van der Waals surface area (Å²) < 4.78 is 7.22. The number of hydrogen-bond acceptors (Lipinski definition) is 2. The Morgan fingerprint density at radius 1 is 1.07 bits per heavy atom. The number of hydrogen-bond donors (Lipinski definition) is 1. The molecule has 0 aromatic heterocycles. The third-order valence-corrected chi connectivity index (χ3v) is 3.64. The molecule has 1 aromatic rings. The van der Waals surface area contributed by atoms with Crippen LogP contribution in [0, 0.1) is 0 Å². The van der Waals surface area contributed by atoms with E-state index < -0.39 is 5.60 Å². The third kappa shape index (κ3) is 2.61. The average molecular weight is 336 g/mol. The molecule has 0 radical (unpaired) electrons. The fourth-order valence-corrected chi connectivity index (χ4v) is 3.11. The maximum absolute atomic E-state index is 10.5. The molecule has 4 heteroatoms. The summed E-state index contributed by atoms with van der Waals surface area (Å²) in [4.78, 5) is 0. The monoisotopic (exact) mass is 334 g/mol. The standard InChI is InChI=1S/C11H12Br2O2/c12-9-5-8(6-10(13)7-9)11(14)1-3-15-4-2-11/h5-7,14H,1-4H2. The Kier molecular flexibility index (Phi) is 3.50. The van der Waals surface area contributed by atoms with Gasteiger partial charge in [-0.25, -0.2) is 0 Å². The minimum absolute atomic E-state index is 0.626. The zero-order valence-electron chi connectivity index (χ0n) is 8.17. The number of aliphatic hydroxyl groups is 1. The molecule has 0 bridgehead atoms. The molecule has 0 spiro atoms. The molecule has 1 aliphatic rings. The Morgan fingerprint density at radius 3 is 2.13 bits per heavy atom. The Bertz CT molecular complexity index is 339. The fourth-order valence-electron chi connectivity index (χ4n) is 1.82. The van der Waals surface area contributed by atoms with Crippen LogP contribution >= 0.6 is 31.9 Å². The first kappa shape index (κ1) is 11.6. The SMILES string of the molecule is OC1(c2cc(Br)cc(Br)c2)CCOCC1. The quantitative estimate of drug-likeness (QED) is 0.854. The summed E-state index contributed by atoms with van der Waals surface area (Å²) in [5.41, 5.74) is 0.219. The fraction of sp³-hybridized carbons (Fsp3) is 0.455. The lowest BCUT2D eigenvalue weighted by Gasteiger charge is -2.32. The molecule has 1 N–H and O–H groups in total. The maximum atomic E-state index is 10.5. The third-order valence-electron chi connectivity index (χ3n) is 2.72. The van der Waals surface area contributed by atoms with Crippen LogP contribution in [-0.4, -0.2) is 18.3 Å². The average Bonchev–Trinajstić information content (AvgIpc) is 2.17. The van der Waals surface area contributed by atoms with Crippen LogP contribution in [0.5, 0.6) is 0 Å². The minimum atomic E-state index is -0.732. The van der Waals surface area contributed by atoms with Gasteiger partial charge in [-0.2, -0.15) is 0 Å². The molecule has 1 heterocycles. The van der Waals surface area contributed by atoms with E-state index in [-0.39, 0.29) is 0 Å². The van der Waals surface area contributed by atoms with E-state index in [9.17, 15) is 5.11 Å². The predicted octanol–water partition coefficient (Wildman–Crippen LogP) is 3.21. The molecule has 1 aliphatic heterocycles. The van der Waals surface area contributed by atoms with Crippen LogP contribution in [0.1, 0.15) is 18.4 Å². The maximum Gasteiger partial charge on any atom is 0.0941 e. The van der Waals surface area contributed by atoms with Gasteiger partial charge in [-0.3, -0.25) is 0 Å². The van der Waals surface area contributed by atoms with Gasteiger partial charge in [0.15, 0.2) is 0 Å². The minimum Gasteiger partial charge on any atom is -0.385 e. The van der Waals surface area contributed by atoms with Gasteiger partial charge >= 0.3 is 0 Å². The second-order valence-corrected chi connectivity index (χ2v) is 5.63. The first-order valence-electron chi connectivity index (χ1n) is 4.87. The predicted molar refractivity (Wildman–Crippen MR) is 65.8 cm³/mol. The van der Waals surface area contributed by atoms with E-state index in [2.05, 4.69) is 31.9 Å². The smallest absolute Gasteiger partial charge is 0.0941 e. The van der Waals surface area contributed by atoms with Gasteiger partial charge in [-0.05, 0) is 23.8 Å². The summed E-state index contributed by atoms with van der Waals surface area (Å²) in [7, 11) is 0. The van der Waals surface area contributed by atoms with Crippen molar-refractivity contribution in [3.63, 3.8) is 0 Å². The number of ether oxygens (including phenoxy) is 1. The van der Waals surface area contributed by atoms with E-state index in [0.29, 0.717) is 26.1 Å². The highest BCUT2D eigenvalue weighted by Gasteiger charge is 2.32. The Morgan fingerprint density at radius 2 is 1.60 bits per heavy atom. The zero-order chi connectivity index (χ0) is 10.9. The van der Waals surface area contributed by atoms with Crippen LogP contribution < -0.4 is 0 Å². The van der Waals surface area contributed by atoms with Crippen LogP contribution in [-0.2, 0) is 10.3 Å². The molecule has 1 aromatic carbocycles. The van der Waals surface area contributed by atoms with Crippen LogP contribution in [0.25, 0.3) is 0 Å². The topological polar surface area (TPSA) is 29.5 Å². The van der Waals surface area contributed by atoms with Gasteiger partial charge in [0.1, 0.15) is 0 Å². The second-order valence-electron chi connectivity index (χ2n) is 3.80. The van der Waals surface area contributed by atoms with Gasteiger partial charge in [0.2, 0.25) is 0 Å². The van der Waals surface area contributed by atoms with Crippen molar-refractivity contribution in [2.75, 3.05) is 13.2 Å². The molecule has 2 nitrogen and oxygen atoms in total. The molecule has 0 saturated carbocycles. The van der Waals surface area contributed by atoms with Crippen molar-refractivity contribution in [3.8, 4) is 0 Å². The molecular formula is C11H12Br2O2. The normalized spacial score (nSPS) is 20.2. The lowest BCUT2D eigenvalue weighted by Crippen LogP contribution is -2.33. The lowest BCUT2D eigenvalue weighted by atomic mass is 9.87. The molecular weight excluding hydrogens is 324 g/mol. The molecule has 0 amide bonds. The van der Waals surface area contributed by atoms with E-state index in [0.717, 1.165) is 14.5 Å². The van der Waals surface area contributed by atoms with Crippen molar-refractivity contribution < 1.29 is 9.84 Å². The summed E-state index contributed by atoms with van der Waals surface area (Å²) in [5, 5.41) is 10.5. The Labute approximate surface area is 106 Å². The van der Waals surface area contributed by atoms with Crippen LogP contribution in [0.3, 0.4) is 0 Å². The van der Waals surface area contributed by atoms with Crippen LogP contribution in [0.2, 0.25) is 0 Å². The van der Waals surface area contributed by atoms with Gasteiger partial charge in [0.05, 0.1) is 5.60 Å². The first-order valence-corrected chi connectivity index (χ1v) is 6.45. The highest BCUT2D eigenvalue weighted by atomic mass is 79.9. The molecule has 1 saturated heterocycles. The van der Waals surface area contributed by atoms with Crippen molar-refractivity contribution in [1.82, 2.24) is 0 Å². The van der Waals surface area contributed by atoms with Crippen molar-refractivity contribution in [2.45, 2.75) is 18.4 Å². The Balaban J connectivity index is 2.34. The van der Waals surface area contributed by atoms with Gasteiger partial charge in [0.25, 0.3) is 0 Å². The van der Waals surface area contributed by atoms with Gasteiger partial charge < -0.3 is 9.84 Å².